The fourth-order valence-electron chi connectivity index (χ4n) is 5.41. The van der Waals surface area contributed by atoms with Crippen LogP contribution >= 0.6 is 12.4 Å². The Balaban J connectivity index is 0.00000231. The number of anilines is 1. The van der Waals surface area contributed by atoms with Crippen LogP contribution in [0, 0.1) is 23.0 Å². The van der Waals surface area contributed by atoms with E-state index >= 15 is 0 Å². The molecule has 1 spiro atoms. The first-order valence-electron chi connectivity index (χ1n) is 10.7. The van der Waals surface area contributed by atoms with Crippen LogP contribution in [0.2, 0.25) is 0 Å². The van der Waals surface area contributed by atoms with Gasteiger partial charge in [0.25, 0.3) is 0 Å². The van der Waals surface area contributed by atoms with E-state index in [2.05, 4.69) is 9.80 Å². The van der Waals surface area contributed by atoms with Crippen LogP contribution in [0.4, 0.5) is 14.5 Å². The van der Waals surface area contributed by atoms with E-state index in [9.17, 15) is 8.78 Å². The second kappa shape index (κ2) is 8.64. The number of piperazine rings is 1. The summed E-state index contributed by atoms with van der Waals surface area (Å²) >= 11 is 0. The van der Waals surface area contributed by atoms with Crippen LogP contribution in [0.15, 0.2) is 36.4 Å². The van der Waals surface area contributed by atoms with Crippen LogP contribution in [0.1, 0.15) is 36.8 Å². The molecule has 0 atom stereocenters. The van der Waals surface area contributed by atoms with Gasteiger partial charge in [-0.2, -0.15) is 5.26 Å². The minimum absolute atomic E-state index is 0. The lowest BCUT2D eigenvalue weighted by molar-refractivity contribution is 0.106. The van der Waals surface area contributed by atoms with Crippen molar-refractivity contribution in [2.24, 2.45) is 0 Å². The highest BCUT2D eigenvalue weighted by Crippen LogP contribution is 2.48. The number of nitriles is 1. The van der Waals surface area contributed by atoms with Crippen LogP contribution in [0.3, 0.4) is 0 Å². The number of hydrogen-bond acceptors (Lipinski definition) is 4. The van der Waals surface area contributed by atoms with E-state index in [-0.39, 0.29) is 29.2 Å². The van der Waals surface area contributed by atoms with Crippen molar-refractivity contribution >= 4 is 18.1 Å². The fraction of sp³-hybridized carbons (Fsp3) is 0.458. The highest BCUT2D eigenvalue weighted by atomic mass is 35.5. The predicted octanol–water partition coefficient (Wildman–Crippen LogP) is 4.65. The molecule has 164 valence electrons. The number of hydrogen-bond donors (Lipinski definition) is 0. The first-order valence-corrected chi connectivity index (χ1v) is 10.7. The smallest absolute Gasteiger partial charge is 0.143 e. The summed E-state index contributed by atoms with van der Waals surface area (Å²) in [7, 11) is 0. The largest absolute Gasteiger partial charge is 0.492 e. The summed E-state index contributed by atoms with van der Waals surface area (Å²) in [6.07, 6.45) is 4.22. The predicted molar refractivity (Wildman–Crippen MR) is 118 cm³/mol. The second-order valence-corrected chi connectivity index (χ2v) is 8.74. The van der Waals surface area contributed by atoms with Crippen molar-refractivity contribution in [1.82, 2.24) is 4.90 Å². The standard InChI is InChI=1S/C24H25F2N3O.ClH/c25-18-2-4-23-21(13-18)24(16-30-23)7-5-19(6-8-24)28-9-11-29(12-10-28)20-3-1-17(15-27)22(26)14-20;/h1-4,13-14,19H,5-12,16H2;1H. The van der Waals surface area contributed by atoms with Gasteiger partial charge in [-0.05, 0) is 62.1 Å². The molecule has 7 heteroatoms. The summed E-state index contributed by atoms with van der Waals surface area (Å²) in [6, 6.07) is 12.2. The number of halogens is 3. The van der Waals surface area contributed by atoms with Gasteiger partial charge < -0.3 is 9.64 Å². The number of nitrogens with zero attached hydrogens (tertiary/aromatic N) is 3. The summed E-state index contributed by atoms with van der Waals surface area (Å²) in [5.74, 6) is 0.208. The molecule has 1 aliphatic carbocycles. The maximum atomic E-state index is 14.0. The molecule has 31 heavy (non-hydrogen) atoms. The summed E-state index contributed by atoms with van der Waals surface area (Å²) in [5.41, 5.74) is 1.95. The maximum Gasteiger partial charge on any atom is 0.143 e. The minimum atomic E-state index is -0.453. The Hall–Kier alpha value is -2.36. The Morgan fingerprint density at radius 2 is 1.74 bits per heavy atom. The normalized spacial score (nSPS) is 25.5. The lowest BCUT2D eigenvalue weighted by Gasteiger charge is -2.44. The third kappa shape index (κ3) is 3.97. The number of benzene rings is 2. The van der Waals surface area contributed by atoms with E-state index in [0.717, 1.165) is 68.9 Å². The molecule has 2 aromatic carbocycles. The van der Waals surface area contributed by atoms with E-state index in [1.807, 2.05) is 12.1 Å². The summed E-state index contributed by atoms with van der Waals surface area (Å²) in [5, 5.41) is 8.91. The molecule has 0 radical (unpaired) electrons. The van der Waals surface area contributed by atoms with Crippen molar-refractivity contribution in [3.63, 3.8) is 0 Å². The lowest BCUT2D eigenvalue weighted by Crippen LogP contribution is -2.52. The van der Waals surface area contributed by atoms with Crippen molar-refractivity contribution in [2.75, 3.05) is 37.7 Å². The molecule has 4 nitrogen and oxygen atoms in total. The van der Waals surface area contributed by atoms with Gasteiger partial charge in [0.05, 0.1) is 12.2 Å². The summed E-state index contributed by atoms with van der Waals surface area (Å²) < 4.78 is 33.6. The summed E-state index contributed by atoms with van der Waals surface area (Å²) in [6.45, 7) is 4.26. The fourth-order valence-corrected chi connectivity index (χ4v) is 5.41. The molecule has 0 aromatic heterocycles. The molecular formula is C24H26ClF2N3O. The lowest BCUT2D eigenvalue weighted by atomic mass is 9.69. The average Bonchev–Trinajstić information content (AvgIpc) is 3.11. The number of ether oxygens (including phenoxy) is 1. The van der Waals surface area contributed by atoms with E-state index < -0.39 is 5.82 Å². The van der Waals surface area contributed by atoms with Gasteiger partial charge in [0.15, 0.2) is 0 Å². The van der Waals surface area contributed by atoms with Crippen molar-refractivity contribution in [2.45, 2.75) is 37.1 Å². The van der Waals surface area contributed by atoms with E-state index in [1.165, 1.54) is 12.1 Å². The number of rotatable bonds is 2. The summed E-state index contributed by atoms with van der Waals surface area (Å²) in [4.78, 5) is 4.74. The third-order valence-corrected chi connectivity index (χ3v) is 7.20. The molecule has 0 bridgehead atoms. The van der Waals surface area contributed by atoms with E-state index in [1.54, 1.807) is 18.2 Å². The zero-order valence-corrected chi connectivity index (χ0v) is 18.1. The van der Waals surface area contributed by atoms with Crippen molar-refractivity contribution in [3.8, 4) is 11.8 Å². The van der Waals surface area contributed by atoms with Crippen molar-refractivity contribution < 1.29 is 13.5 Å². The SMILES string of the molecule is Cl.N#Cc1ccc(N2CCN(C3CCC4(CC3)COc3ccc(F)cc34)CC2)cc1F. The minimum Gasteiger partial charge on any atom is -0.492 e. The molecule has 1 saturated carbocycles. The van der Waals surface area contributed by atoms with E-state index in [0.29, 0.717) is 12.6 Å². The topological polar surface area (TPSA) is 39.5 Å². The van der Waals surface area contributed by atoms with Crippen molar-refractivity contribution in [3.05, 3.63) is 59.2 Å². The molecule has 2 aromatic rings. The Morgan fingerprint density at radius 1 is 1.00 bits per heavy atom. The van der Waals surface area contributed by atoms with Crippen LogP contribution in [0.25, 0.3) is 0 Å². The van der Waals surface area contributed by atoms with Gasteiger partial charge in [0.2, 0.25) is 0 Å². The Labute approximate surface area is 187 Å². The Kier molecular flexibility index (Phi) is 6.09. The Morgan fingerprint density at radius 3 is 2.42 bits per heavy atom. The number of fused-ring (bicyclic) bond motifs is 2. The monoisotopic (exact) mass is 445 g/mol. The molecule has 2 aliphatic heterocycles. The van der Waals surface area contributed by atoms with Gasteiger partial charge in [-0.25, -0.2) is 8.78 Å². The van der Waals surface area contributed by atoms with Crippen LogP contribution in [-0.2, 0) is 5.41 Å². The molecule has 0 N–H and O–H groups in total. The highest BCUT2D eigenvalue weighted by molar-refractivity contribution is 5.85. The maximum absolute atomic E-state index is 14.0. The zero-order chi connectivity index (χ0) is 20.7. The molecule has 2 heterocycles. The van der Waals surface area contributed by atoms with Gasteiger partial charge in [0, 0.05) is 48.9 Å². The van der Waals surface area contributed by atoms with Gasteiger partial charge in [-0.15, -0.1) is 12.4 Å². The molecule has 2 fully saturated rings. The molecule has 0 amide bonds. The van der Waals surface area contributed by atoms with Crippen molar-refractivity contribution in [1.29, 1.82) is 5.26 Å². The van der Waals surface area contributed by atoms with Gasteiger partial charge in [-0.3, -0.25) is 4.90 Å². The zero-order valence-electron chi connectivity index (χ0n) is 17.3. The van der Waals surface area contributed by atoms with Gasteiger partial charge in [0.1, 0.15) is 23.5 Å². The molecule has 0 unspecified atom stereocenters. The first kappa shape index (κ1) is 21.9. The third-order valence-electron chi connectivity index (χ3n) is 7.20. The molecule has 3 aliphatic rings. The average molecular weight is 446 g/mol. The quantitative estimate of drug-likeness (QED) is 0.674. The first-order chi connectivity index (χ1) is 14.6. The molecule has 5 rings (SSSR count). The van der Waals surface area contributed by atoms with Crippen LogP contribution in [-0.4, -0.2) is 43.7 Å². The highest BCUT2D eigenvalue weighted by Gasteiger charge is 2.44. The van der Waals surface area contributed by atoms with Gasteiger partial charge in [-0.1, -0.05) is 0 Å². The second-order valence-electron chi connectivity index (χ2n) is 8.74. The van der Waals surface area contributed by atoms with E-state index in [4.69, 9.17) is 10.00 Å². The van der Waals surface area contributed by atoms with Crippen LogP contribution in [0.5, 0.6) is 5.75 Å². The molecule has 1 saturated heterocycles. The van der Waals surface area contributed by atoms with Crippen LogP contribution < -0.4 is 9.64 Å². The van der Waals surface area contributed by atoms with Gasteiger partial charge >= 0.3 is 0 Å². The Bertz CT molecular complexity index is 993. The molecular weight excluding hydrogens is 420 g/mol.